The Balaban J connectivity index is 1.50. The first-order valence-electron chi connectivity index (χ1n) is 9.79. The van der Waals surface area contributed by atoms with Crippen LogP contribution in [0.2, 0.25) is 0 Å². The number of likely N-dealkylation sites (tertiary alicyclic amines) is 1. The minimum Gasteiger partial charge on any atom is -0.408 e. The first-order valence-corrected chi connectivity index (χ1v) is 9.79. The fourth-order valence-electron chi connectivity index (χ4n) is 4.70. The van der Waals surface area contributed by atoms with Crippen LogP contribution in [0.3, 0.4) is 0 Å². The molecule has 0 saturated carbocycles. The molecule has 3 atom stereocenters. The highest BCUT2D eigenvalue weighted by Crippen LogP contribution is 2.46. The van der Waals surface area contributed by atoms with Crippen molar-refractivity contribution in [2.24, 2.45) is 11.8 Å². The second kappa shape index (κ2) is 6.95. The summed E-state index contributed by atoms with van der Waals surface area (Å²) in [7, 11) is 0. The lowest BCUT2D eigenvalue weighted by atomic mass is 9.87. The Morgan fingerprint density at radius 1 is 1.10 bits per heavy atom. The molecule has 0 spiro atoms. The molecule has 2 aliphatic heterocycles. The van der Waals surface area contributed by atoms with Gasteiger partial charge in [-0.3, -0.25) is 9.78 Å². The molecule has 3 aromatic rings. The Morgan fingerprint density at radius 3 is 2.69 bits per heavy atom. The van der Waals surface area contributed by atoms with Gasteiger partial charge in [-0.2, -0.15) is 0 Å². The van der Waals surface area contributed by atoms with Gasteiger partial charge in [-0.05, 0) is 18.1 Å². The number of anilines is 1. The lowest BCUT2D eigenvalue weighted by molar-refractivity contribution is 0.0708. The third-order valence-electron chi connectivity index (χ3n) is 6.00. The van der Waals surface area contributed by atoms with Gasteiger partial charge in [0.05, 0.1) is 12.2 Å². The number of aryl methyl sites for hydroxylation is 2. The van der Waals surface area contributed by atoms with Crippen LogP contribution in [0.25, 0.3) is 0 Å². The van der Waals surface area contributed by atoms with Gasteiger partial charge in [-0.15, -0.1) is 5.10 Å². The maximum absolute atomic E-state index is 13.3. The van der Waals surface area contributed by atoms with Gasteiger partial charge in [0.1, 0.15) is 5.69 Å². The summed E-state index contributed by atoms with van der Waals surface area (Å²) in [6.45, 7) is 6.13. The van der Waals surface area contributed by atoms with Gasteiger partial charge < -0.3 is 14.2 Å². The van der Waals surface area contributed by atoms with E-state index in [2.05, 4.69) is 44.1 Å². The first kappa shape index (κ1) is 17.8. The summed E-state index contributed by atoms with van der Waals surface area (Å²) in [5.74, 6) is 1.10. The van der Waals surface area contributed by atoms with Crippen molar-refractivity contribution in [2.45, 2.75) is 19.9 Å². The van der Waals surface area contributed by atoms with Crippen LogP contribution in [0.5, 0.6) is 0 Å². The van der Waals surface area contributed by atoms with Crippen molar-refractivity contribution in [3.05, 3.63) is 65.6 Å². The van der Waals surface area contributed by atoms with Crippen LogP contribution in [0.15, 0.2) is 47.3 Å². The number of carbonyl (C=O) groups excluding carboxylic acids is 1. The predicted molar refractivity (Wildman–Crippen MR) is 105 cm³/mol. The summed E-state index contributed by atoms with van der Waals surface area (Å²) in [6, 6.07) is 8.83. The van der Waals surface area contributed by atoms with Crippen molar-refractivity contribution in [3.63, 3.8) is 0 Å². The molecule has 0 N–H and O–H groups in total. The molecule has 8 heteroatoms. The Hall–Kier alpha value is -3.29. The van der Waals surface area contributed by atoms with Crippen LogP contribution >= 0.6 is 0 Å². The van der Waals surface area contributed by atoms with Crippen LogP contribution < -0.4 is 4.90 Å². The van der Waals surface area contributed by atoms with Crippen molar-refractivity contribution >= 4 is 11.9 Å². The molecular weight excluding hydrogens is 368 g/mol. The van der Waals surface area contributed by atoms with Crippen molar-refractivity contribution in [3.8, 4) is 0 Å². The number of fused-ring (bicyclic) bond motifs is 1. The van der Waals surface area contributed by atoms with Crippen molar-refractivity contribution in [1.29, 1.82) is 0 Å². The molecule has 1 aromatic carbocycles. The minimum absolute atomic E-state index is 0.0234. The topological polar surface area (TPSA) is 88.3 Å². The van der Waals surface area contributed by atoms with E-state index in [9.17, 15) is 4.79 Å². The van der Waals surface area contributed by atoms with Crippen LogP contribution in [0.4, 0.5) is 6.01 Å². The maximum atomic E-state index is 13.3. The van der Waals surface area contributed by atoms with Gasteiger partial charge in [0.2, 0.25) is 5.89 Å². The van der Waals surface area contributed by atoms with E-state index in [4.69, 9.17) is 4.42 Å². The van der Waals surface area contributed by atoms with Crippen LogP contribution in [0, 0.1) is 25.7 Å². The van der Waals surface area contributed by atoms with E-state index in [1.807, 2.05) is 17.0 Å². The number of amides is 1. The minimum atomic E-state index is -0.0686. The number of aromatic nitrogens is 4. The Bertz CT molecular complexity index is 1040. The highest BCUT2D eigenvalue weighted by Gasteiger charge is 2.50. The molecule has 0 unspecified atom stereocenters. The average Bonchev–Trinajstić information content (AvgIpc) is 3.42. The van der Waals surface area contributed by atoms with E-state index >= 15 is 0 Å². The molecule has 8 nitrogen and oxygen atoms in total. The van der Waals surface area contributed by atoms with Gasteiger partial charge in [0.15, 0.2) is 0 Å². The zero-order valence-corrected chi connectivity index (χ0v) is 16.4. The Kier molecular flexibility index (Phi) is 4.26. The standard InChI is InChI=1S/C21H22N6O2/c1-13-5-3-4-6-16(13)19-17-12-26(21-25-24-14(2)29-21)10-15(17)11-27(19)20(28)18-9-22-7-8-23-18/h3-9,15,17,19H,10-12H2,1-2H3/t15-,17-,19-/m0/s1. The van der Waals surface area contributed by atoms with Gasteiger partial charge in [0.25, 0.3) is 5.91 Å². The molecule has 29 heavy (non-hydrogen) atoms. The Labute approximate surface area is 168 Å². The van der Waals surface area contributed by atoms with Crippen LogP contribution in [-0.4, -0.2) is 50.6 Å². The van der Waals surface area contributed by atoms with E-state index in [0.29, 0.717) is 30.1 Å². The second-order valence-electron chi connectivity index (χ2n) is 7.78. The van der Waals surface area contributed by atoms with E-state index in [1.165, 1.54) is 11.1 Å². The summed E-state index contributed by atoms with van der Waals surface area (Å²) in [6.07, 6.45) is 4.68. The fraction of sp³-hybridized carbons (Fsp3) is 0.381. The molecule has 2 saturated heterocycles. The van der Waals surface area contributed by atoms with Gasteiger partial charge in [0, 0.05) is 50.8 Å². The molecule has 1 amide bonds. The largest absolute Gasteiger partial charge is 0.408 e. The molecule has 2 fully saturated rings. The SMILES string of the molecule is Cc1nnc(N2C[C@H]3CN(C(=O)c4cnccn4)[C@@H](c4ccccc4C)[C@H]3C2)o1. The number of hydrogen-bond acceptors (Lipinski definition) is 7. The monoisotopic (exact) mass is 390 g/mol. The third kappa shape index (κ3) is 3.04. The normalized spacial score (nSPS) is 23.4. The highest BCUT2D eigenvalue weighted by atomic mass is 16.4. The zero-order chi connectivity index (χ0) is 20.0. The molecule has 0 radical (unpaired) electrons. The molecule has 4 heterocycles. The molecule has 148 valence electrons. The van der Waals surface area contributed by atoms with E-state index in [1.54, 1.807) is 25.5 Å². The van der Waals surface area contributed by atoms with Gasteiger partial charge in [-0.1, -0.05) is 29.4 Å². The summed E-state index contributed by atoms with van der Waals surface area (Å²) in [5, 5.41) is 8.14. The molecule has 2 aliphatic rings. The van der Waals surface area contributed by atoms with Crippen molar-refractivity contribution in [1.82, 2.24) is 25.1 Å². The number of nitrogens with zero attached hydrogens (tertiary/aromatic N) is 6. The second-order valence-corrected chi connectivity index (χ2v) is 7.78. The van der Waals surface area contributed by atoms with E-state index in [0.717, 1.165) is 13.1 Å². The van der Waals surface area contributed by atoms with E-state index < -0.39 is 0 Å². The smallest absolute Gasteiger partial charge is 0.318 e. The summed E-state index contributed by atoms with van der Waals surface area (Å²) < 4.78 is 5.65. The lowest BCUT2D eigenvalue weighted by Gasteiger charge is -2.30. The first-order chi connectivity index (χ1) is 14.1. The van der Waals surface area contributed by atoms with Crippen molar-refractivity contribution in [2.75, 3.05) is 24.5 Å². The molecular formula is C21H22N6O2. The average molecular weight is 390 g/mol. The van der Waals surface area contributed by atoms with E-state index in [-0.39, 0.29) is 17.9 Å². The number of benzene rings is 1. The number of rotatable bonds is 3. The fourth-order valence-corrected chi connectivity index (χ4v) is 4.70. The highest BCUT2D eigenvalue weighted by molar-refractivity contribution is 5.92. The summed E-state index contributed by atoms with van der Waals surface area (Å²) in [4.78, 5) is 25.7. The summed E-state index contributed by atoms with van der Waals surface area (Å²) >= 11 is 0. The van der Waals surface area contributed by atoms with Crippen LogP contribution in [0.1, 0.15) is 33.5 Å². The maximum Gasteiger partial charge on any atom is 0.318 e. The van der Waals surface area contributed by atoms with Crippen LogP contribution in [-0.2, 0) is 0 Å². The summed E-state index contributed by atoms with van der Waals surface area (Å²) in [5.41, 5.74) is 2.75. The molecule has 5 rings (SSSR count). The van der Waals surface area contributed by atoms with Crippen molar-refractivity contribution < 1.29 is 9.21 Å². The number of carbonyl (C=O) groups is 1. The quantitative estimate of drug-likeness (QED) is 0.679. The van der Waals surface area contributed by atoms with Gasteiger partial charge >= 0.3 is 6.01 Å². The molecule has 0 bridgehead atoms. The van der Waals surface area contributed by atoms with Gasteiger partial charge in [-0.25, -0.2) is 4.98 Å². The molecule has 2 aromatic heterocycles. The predicted octanol–water partition coefficient (Wildman–Crippen LogP) is 2.43. The zero-order valence-electron chi connectivity index (χ0n) is 16.4. The molecule has 0 aliphatic carbocycles. The lowest BCUT2D eigenvalue weighted by Crippen LogP contribution is -2.36. The Morgan fingerprint density at radius 2 is 1.97 bits per heavy atom. The third-order valence-corrected chi connectivity index (χ3v) is 6.00. The number of hydrogen-bond donors (Lipinski definition) is 0.